The Hall–Kier alpha value is 1.08. The van der Waals surface area contributed by atoms with Crippen LogP contribution < -0.4 is 37.7 Å². The zero-order valence-corrected chi connectivity index (χ0v) is 23.3. The Morgan fingerprint density at radius 2 is 0.806 bits per heavy atom. The number of hydrogen-bond donors (Lipinski definition) is 0. The van der Waals surface area contributed by atoms with Gasteiger partial charge >= 0.3 is 54.8 Å². The van der Waals surface area contributed by atoms with Crippen molar-refractivity contribution in [2.45, 2.75) is 135 Å². The van der Waals surface area contributed by atoms with E-state index in [4.69, 9.17) is 27.2 Å². The van der Waals surface area contributed by atoms with E-state index in [1.165, 1.54) is 57.8 Å². The van der Waals surface area contributed by atoms with E-state index in [1.54, 1.807) is 0 Å². The van der Waals surface area contributed by atoms with E-state index in [1.807, 2.05) is 0 Å². The van der Waals surface area contributed by atoms with Crippen molar-refractivity contribution in [3.05, 3.63) is 17.2 Å². The van der Waals surface area contributed by atoms with Gasteiger partial charge in [-0.1, -0.05) is 93.9 Å². The summed E-state index contributed by atoms with van der Waals surface area (Å²) in [5.41, 5.74) is 0.951. The minimum atomic E-state index is 0. The van der Waals surface area contributed by atoms with Gasteiger partial charge in [0.2, 0.25) is 0 Å². The van der Waals surface area contributed by atoms with Gasteiger partial charge in [0.1, 0.15) is 0 Å². The first-order valence-corrected chi connectivity index (χ1v) is 11.1. The normalized spacial score (nSPS) is 24.1. The van der Waals surface area contributed by atoms with Crippen LogP contribution in [-0.4, -0.2) is 35.4 Å². The van der Waals surface area contributed by atoms with Crippen molar-refractivity contribution in [3.63, 3.8) is 0 Å². The number of piperidine rings is 2. The summed E-state index contributed by atoms with van der Waals surface area (Å²) < 4.78 is 5.07. The topological polar surface area (TPSA) is 61.2 Å². The molecule has 0 atom stereocenters. The molecule has 4 nitrogen and oxygen atoms in total. The summed E-state index contributed by atoms with van der Waals surface area (Å²) in [7, 11) is 0. The van der Waals surface area contributed by atoms with Gasteiger partial charge in [-0.05, 0) is 19.3 Å². The smallest absolute Gasteiger partial charge is 0.652 e. The van der Waals surface area contributed by atoms with Crippen LogP contribution in [0.2, 0.25) is 0 Å². The predicted octanol–water partition coefficient (Wildman–Crippen LogP) is 1.49. The molecule has 3 aliphatic rings. The molecule has 0 spiro atoms. The van der Waals surface area contributed by atoms with Crippen LogP contribution in [0.5, 0.6) is 0 Å². The third-order valence-corrected chi connectivity index (χ3v) is 5.44. The van der Waals surface area contributed by atoms with Crippen LogP contribution in [0.1, 0.15) is 113 Å². The molecule has 0 saturated carbocycles. The van der Waals surface area contributed by atoms with E-state index in [2.05, 4.69) is 55.4 Å². The fourth-order valence-corrected chi connectivity index (χ4v) is 4.46. The minimum absolute atomic E-state index is 0. The first kappa shape index (κ1) is 39.3. The summed E-state index contributed by atoms with van der Waals surface area (Å²) in [6.45, 7) is 24.6. The summed E-state index contributed by atoms with van der Waals surface area (Å²) in [5.74, 6) is 0. The van der Waals surface area contributed by atoms with Crippen LogP contribution >= 0.6 is 0 Å². The number of nitrogens with zero attached hydrogens (tertiary/aromatic N) is 3. The summed E-state index contributed by atoms with van der Waals surface area (Å²) in [6, 6.07) is 0. The van der Waals surface area contributed by atoms with Crippen molar-refractivity contribution in [2.75, 3.05) is 13.2 Å². The largest absolute Gasteiger partial charge is 1.00 e. The molecule has 3 heterocycles. The molecular formula is C24H46CuLi2N3O. The first-order chi connectivity index (χ1) is 12.8. The molecule has 0 aliphatic carbocycles. The van der Waals surface area contributed by atoms with E-state index < -0.39 is 0 Å². The van der Waals surface area contributed by atoms with Crippen LogP contribution in [0.3, 0.4) is 0 Å². The summed E-state index contributed by atoms with van der Waals surface area (Å²) in [4.78, 5) is 0. The van der Waals surface area contributed by atoms with Gasteiger partial charge in [0.25, 0.3) is 0 Å². The predicted molar refractivity (Wildman–Crippen MR) is 120 cm³/mol. The van der Waals surface area contributed by atoms with Crippen molar-refractivity contribution in [1.29, 1.82) is 5.26 Å². The quantitative estimate of drug-likeness (QED) is 0.398. The van der Waals surface area contributed by atoms with Gasteiger partial charge in [0.15, 0.2) is 0 Å². The Kier molecular flexibility index (Phi) is 23.4. The Morgan fingerprint density at radius 3 is 0.903 bits per heavy atom. The molecule has 176 valence electrons. The molecular weight excluding hydrogens is 424 g/mol. The fourth-order valence-electron chi connectivity index (χ4n) is 4.46. The molecule has 0 bridgehead atoms. The third kappa shape index (κ3) is 21.4. The van der Waals surface area contributed by atoms with Gasteiger partial charge in [-0.25, -0.2) is 0 Å². The zero-order valence-electron chi connectivity index (χ0n) is 22.3. The van der Waals surface area contributed by atoms with Gasteiger partial charge in [-0.3, -0.25) is 0 Å². The Bertz CT molecular complexity index is 380. The summed E-state index contributed by atoms with van der Waals surface area (Å²) in [5, 5.41) is 15.7. The van der Waals surface area contributed by atoms with Gasteiger partial charge in [-0.2, -0.15) is 0 Å². The van der Waals surface area contributed by atoms with Gasteiger partial charge < -0.3 is 27.2 Å². The molecule has 0 unspecified atom stereocenters. The van der Waals surface area contributed by atoms with Crippen molar-refractivity contribution >= 4 is 0 Å². The average molecular weight is 470 g/mol. The summed E-state index contributed by atoms with van der Waals surface area (Å²) >= 11 is 0. The molecule has 0 aromatic carbocycles. The molecule has 7 heteroatoms. The maximum atomic E-state index is 6.25. The monoisotopic (exact) mass is 469 g/mol. The fraction of sp³-hybridized carbons (Fsp3) is 0.958. The first-order valence-electron chi connectivity index (χ1n) is 11.1. The third-order valence-electron chi connectivity index (χ3n) is 5.44. The van der Waals surface area contributed by atoms with Crippen LogP contribution in [0.25, 0.3) is 10.6 Å². The number of rotatable bonds is 0. The van der Waals surface area contributed by atoms with E-state index >= 15 is 0 Å². The summed E-state index contributed by atoms with van der Waals surface area (Å²) in [6.07, 6.45) is 11.6. The standard InChI is InChI=1S/2C9H18N.C5H10O.CN.Cu.2Li/c2*1-8(2)6-5-7-9(3,4)10-8;1-2-4-6-5-3-1;1-2;;;/h2*5-7H2,1-4H3;1-5H2;;;;/q2*-1;;-1;3*+1. The average Bonchev–Trinajstić information content (AvgIpc) is 2.55. The molecule has 3 fully saturated rings. The Morgan fingerprint density at radius 1 is 0.548 bits per heavy atom. The molecule has 3 saturated heterocycles. The van der Waals surface area contributed by atoms with Crippen molar-refractivity contribution in [3.8, 4) is 0 Å². The van der Waals surface area contributed by atoms with E-state index in [0.717, 1.165) is 13.2 Å². The number of ether oxygens (including phenoxy) is 1. The molecule has 3 rings (SSSR count). The maximum Gasteiger partial charge on any atom is 1.00 e. The minimum Gasteiger partial charge on any atom is -0.652 e. The van der Waals surface area contributed by atoms with Crippen molar-refractivity contribution < 1.29 is 59.5 Å². The van der Waals surface area contributed by atoms with Crippen LogP contribution in [-0.2, 0) is 21.8 Å². The molecule has 31 heavy (non-hydrogen) atoms. The van der Waals surface area contributed by atoms with E-state index in [9.17, 15) is 0 Å². The Labute approximate surface area is 229 Å². The van der Waals surface area contributed by atoms with E-state index in [0.29, 0.717) is 0 Å². The van der Waals surface area contributed by atoms with E-state index in [-0.39, 0.29) is 76.9 Å². The molecule has 0 radical (unpaired) electrons. The SMILES string of the molecule is C1CCOCC1.CC1(C)CCCC(C)(C)[N-]1.CC1(C)CCCC(C)(C)[N-]1.[C-]#N.[Cu+].[Li+].[Li+]. The van der Waals surface area contributed by atoms with Crippen molar-refractivity contribution in [1.82, 2.24) is 0 Å². The van der Waals surface area contributed by atoms with Gasteiger partial charge in [0, 0.05) is 13.2 Å². The second-order valence-electron chi connectivity index (χ2n) is 10.9. The second kappa shape index (κ2) is 18.4. The van der Waals surface area contributed by atoms with Crippen LogP contribution in [0, 0.1) is 11.8 Å². The zero-order chi connectivity index (χ0) is 21.9. The van der Waals surface area contributed by atoms with Gasteiger partial charge in [0.05, 0.1) is 0 Å². The van der Waals surface area contributed by atoms with Crippen LogP contribution in [0.15, 0.2) is 0 Å². The van der Waals surface area contributed by atoms with Gasteiger partial charge in [-0.15, -0.1) is 22.2 Å². The molecule has 0 aromatic rings. The maximum absolute atomic E-state index is 6.25. The molecule has 0 N–H and O–H groups in total. The number of hydrogen-bond acceptors (Lipinski definition) is 2. The molecule has 0 aromatic heterocycles. The Balaban J connectivity index is -0.000000166. The molecule has 3 aliphatic heterocycles. The van der Waals surface area contributed by atoms with Crippen molar-refractivity contribution in [2.24, 2.45) is 0 Å². The second-order valence-corrected chi connectivity index (χ2v) is 10.9. The van der Waals surface area contributed by atoms with Crippen LogP contribution in [0.4, 0.5) is 0 Å². The molecule has 0 amide bonds.